The quantitative estimate of drug-likeness (QED) is 0.364. The largest absolute Gasteiger partial charge is 0.619 e. The van der Waals surface area contributed by atoms with Crippen molar-refractivity contribution >= 4 is 33.4 Å². The lowest BCUT2D eigenvalue weighted by Crippen LogP contribution is -2.52. The predicted molar refractivity (Wildman–Crippen MR) is 131 cm³/mol. The van der Waals surface area contributed by atoms with Gasteiger partial charge in [0.05, 0.1) is 10.9 Å². The molecule has 0 radical (unpaired) electrons. The lowest BCUT2D eigenvalue weighted by atomic mass is 9.95. The van der Waals surface area contributed by atoms with Crippen molar-refractivity contribution in [1.29, 1.82) is 0 Å². The highest BCUT2D eigenvalue weighted by Crippen LogP contribution is 2.39. The Kier molecular flexibility index (Phi) is 6.65. The fourth-order valence-corrected chi connectivity index (χ4v) is 5.78. The molecule has 2 aromatic heterocycles. The molecule has 1 saturated heterocycles. The second kappa shape index (κ2) is 9.72. The van der Waals surface area contributed by atoms with Gasteiger partial charge in [-0.25, -0.2) is 4.39 Å². The molecule has 182 valence electrons. The third-order valence-electron chi connectivity index (χ3n) is 6.75. The summed E-state index contributed by atoms with van der Waals surface area (Å²) in [5, 5.41) is 24.7. The lowest BCUT2D eigenvalue weighted by Gasteiger charge is -2.39. The standard InChI is InChI=1S/C25H23BrClFN4O3/c26-19-12-18-2-1-17-13-20(27)14-21(28)23(17)25(24(18)32(35)15-19)30-9-7-29(8-10-30)22(33)11-16-3-5-31(34)6-4-16/h3-6,12-15,25H,1-2,7-11H2. The Bertz CT molecular complexity index is 1220. The molecule has 1 amide bonds. The maximum absolute atomic E-state index is 15.4. The van der Waals surface area contributed by atoms with Crippen LogP contribution in [0.15, 0.2) is 53.4 Å². The highest BCUT2D eigenvalue weighted by Gasteiger charge is 2.39. The molecule has 1 unspecified atom stereocenters. The maximum Gasteiger partial charge on any atom is 0.227 e. The summed E-state index contributed by atoms with van der Waals surface area (Å²) in [4.78, 5) is 16.7. The number of aryl methyl sites for hydroxylation is 2. The fraction of sp³-hybridized carbons (Fsp3) is 0.320. The SMILES string of the molecule is O=C(Cc1cc[n+]([O-])cc1)N1CCN(C2c3c(F)cc(Cl)cc3CCc3cc(Br)c[n+]([O-])c32)CC1. The topological polar surface area (TPSA) is 77.4 Å². The van der Waals surface area contributed by atoms with Gasteiger partial charge >= 0.3 is 0 Å². The van der Waals surface area contributed by atoms with E-state index in [2.05, 4.69) is 20.8 Å². The highest BCUT2D eigenvalue weighted by molar-refractivity contribution is 9.10. The number of benzene rings is 1. The number of halogens is 3. The number of aromatic nitrogens is 2. The van der Waals surface area contributed by atoms with E-state index in [1.807, 2.05) is 6.07 Å². The number of piperazine rings is 1. The minimum atomic E-state index is -0.579. The van der Waals surface area contributed by atoms with Crippen molar-refractivity contribution < 1.29 is 18.6 Å². The van der Waals surface area contributed by atoms with Gasteiger partial charge in [0.15, 0.2) is 18.6 Å². The Morgan fingerprint density at radius 3 is 2.49 bits per heavy atom. The molecule has 0 bridgehead atoms. The molecule has 1 aliphatic carbocycles. The smallest absolute Gasteiger partial charge is 0.227 e. The number of nitrogens with zero attached hydrogens (tertiary/aromatic N) is 4. The zero-order valence-electron chi connectivity index (χ0n) is 18.8. The summed E-state index contributed by atoms with van der Waals surface area (Å²) < 4.78 is 17.6. The minimum Gasteiger partial charge on any atom is -0.619 e. The van der Waals surface area contributed by atoms with Crippen LogP contribution in [0.25, 0.3) is 0 Å². The zero-order chi connectivity index (χ0) is 24.7. The fourth-order valence-electron chi connectivity index (χ4n) is 5.09. The molecule has 5 rings (SSSR count). The Morgan fingerprint density at radius 2 is 1.77 bits per heavy atom. The molecule has 7 nitrogen and oxygen atoms in total. The molecule has 1 atom stereocenters. The summed E-state index contributed by atoms with van der Waals surface area (Å²) in [6, 6.07) is 7.71. The molecule has 0 saturated carbocycles. The average molecular weight is 562 g/mol. The van der Waals surface area contributed by atoms with Crippen LogP contribution in [-0.4, -0.2) is 41.9 Å². The first kappa shape index (κ1) is 24.0. The molecular formula is C25H23BrClFN4O3. The average Bonchev–Trinajstić information content (AvgIpc) is 2.98. The molecule has 3 heterocycles. The first-order valence-electron chi connectivity index (χ1n) is 11.4. The van der Waals surface area contributed by atoms with Gasteiger partial charge < -0.3 is 15.3 Å². The number of hydrogen-bond donors (Lipinski definition) is 0. The second-order valence-electron chi connectivity index (χ2n) is 8.92. The van der Waals surface area contributed by atoms with E-state index in [4.69, 9.17) is 11.6 Å². The Hall–Kier alpha value is -2.75. The van der Waals surface area contributed by atoms with Crippen LogP contribution in [0.4, 0.5) is 4.39 Å². The lowest BCUT2D eigenvalue weighted by molar-refractivity contribution is -0.617. The van der Waals surface area contributed by atoms with Gasteiger partial charge in [0.1, 0.15) is 11.9 Å². The monoisotopic (exact) mass is 560 g/mol. The molecule has 2 aliphatic rings. The first-order chi connectivity index (χ1) is 16.8. The van der Waals surface area contributed by atoms with Gasteiger partial charge in [0.2, 0.25) is 11.6 Å². The molecule has 3 aromatic rings. The van der Waals surface area contributed by atoms with Crippen LogP contribution in [0.3, 0.4) is 0 Å². The summed E-state index contributed by atoms with van der Waals surface area (Å²) in [6.07, 6.45) is 5.58. The zero-order valence-corrected chi connectivity index (χ0v) is 21.1. The van der Waals surface area contributed by atoms with Crippen LogP contribution in [0.1, 0.15) is 34.0 Å². The van der Waals surface area contributed by atoms with Crippen LogP contribution in [0.5, 0.6) is 0 Å². The van der Waals surface area contributed by atoms with E-state index in [1.54, 1.807) is 23.1 Å². The van der Waals surface area contributed by atoms with Crippen molar-refractivity contribution in [2.24, 2.45) is 0 Å². The van der Waals surface area contributed by atoms with Gasteiger partial charge in [-0.2, -0.15) is 9.46 Å². The Balaban J connectivity index is 1.43. The van der Waals surface area contributed by atoms with Crippen LogP contribution in [0.2, 0.25) is 5.02 Å². The third-order valence-corrected chi connectivity index (χ3v) is 7.41. The molecule has 0 spiro atoms. The van der Waals surface area contributed by atoms with Crippen molar-refractivity contribution in [2.75, 3.05) is 26.2 Å². The molecule has 1 aromatic carbocycles. The number of hydrogen-bond acceptors (Lipinski definition) is 4. The van der Waals surface area contributed by atoms with E-state index in [0.717, 1.165) is 21.4 Å². The van der Waals surface area contributed by atoms with Crippen molar-refractivity contribution in [3.05, 3.63) is 103 Å². The number of fused-ring (bicyclic) bond motifs is 2. The molecule has 35 heavy (non-hydrogen) atoms. The minimum absolute atomic E-state index is 0.0317. The van der Waals surface area contributed by atoms with Crippen LogP contribution in [0, 0.1) is 16.2 Å². The second-order valence-corrected chi connectivity index (χ2v) is 10.3. The molecule has 1 aliphatic heterocycles. The van der Waals surface area contributed by atoms with Crippen LogP contribution in [-0.2, 0) is 24.1 Å². The number of carbonyl (C=O) groups excluding carboxylic acids is 1. The van der Waals surface area contributed by atoms with Crippen molar-refractivity contribution in [3.63, 3.8) is 0 Å². The van der Waals surface area contributed by atoms with E-state index in [0.29, 0.717) is 64.5 Å². The molecular weight excluding hydrogens is 539 g/mol. The van der Waals surface area contributed by atoms with E-state index in [9.17, 15) is 15.2 Å². The summed E-state index contributed by atoms with van der Waals surface area (Å²) in [7, 11) is 0. The summed E-state index contributed by atoms with van der Waals surface area (Å²) >= 11 is 9.58. The van der Waals surface area contributed by atoms with E-state index in [1.165, 1.54) is 24.7 Å². The highest BCUT2D eigenvalue weighted by atomic mass is 79.9. The first-order valence-corrected chi connectivity index (χ1v) is 12.6. The number of amides is 1. The third kappa shape index (κ3) is 4.85. The van der Waals surface area contributed by atoms with E-state index < -0.39 is 11.9 Å². The van der Waals surface area contributed by atoms with Gasteiger partial charge in [0.25, 0.3) is 0 Å². The normalized spacial score (nSPS) is 18.0. The Labute approximate surface area is 215 Å². The number of carbonyl (C=O) groups is 1. The van der Waals surface area contributed by atoms with Crippen LogP contribution >= 0.6 is 27.5 Å². The number of pyridine rings is 2. The van der Waals surface area contributed by atoms with Gasteiger partial charge in [-0.05, 0) is 58.1 Å². The molecule has 1 fully saturated rings. The maximum atomic E-state index is 15.4. The summed E-state index contributed by atoms with van der Waals surface area (Å²) in [5.74, 6) is -0.456. The van der Waals surface area contributed by atoms with Crippen molar-refractivity contribution in [3.8, 4) is 0 Å². The van der Waals surface area contributed by atoms with E-state index in [-0.39, 0.29) is 12.3 Å². The van der Waals surface area contributed by atoms with Gasteiger partial charge in [-0.1, -0.05) is 11.6 Å². The van der Waals surface area contributed by atoms with Gasteiger partial charge in [0, 0.05) is 54.5 Å². The predicted octanol–water partition coefficient (Wildman–Crippen LogP) is 3.08. The Morgan fingerprint density at radius 1 is 1.09 bits per heavy atom. The molecule has 0 N–H and O–H groups in total. The number of rotatable bonds is 3. The summed E-state index contributed by atoms with van der Waals surface area (Å²) in [5.41, 5.74) is 3.43. The molecule has 10 heteroatoms. The van der Waals surface area contributed by atoms with Gasteiger partial charge in [-0.15, -0.1) is 0 Å². The van der Waals surface area contributed by atoms with E-state index >= 15 is 4.39 Å². The van der Waals surface area contributed by atoms with Crippen LogP contribution < -0.4 is 9.46 Å². The van der Waals surface area contributed by atoms with Gasteiger partial charge in [-0.3, -0.25) is 9.69 Å². The summed E-state index contributed by atoms with van der Waals surface area (Å²) in [6.45, 7) is 1.89. The van der Waals surface area contributed by atoms with Crippen molar-refractivity contribution in [2.45, 2.75) is 25.3 Å². The van der Waals surface area contributed by atoms with Crippen molar-refractivity contribution in [1.82, 2.24) is 9.80 Å².